The molecule has 1 fully saturated rings. The van der Waals surface area contributed by atoms with Gasteiger partial charge in [0.2, 0.25) is 0 Å². The summed E-state index contributed by atoms with van der Waals surface area (Å²) in [6.45, 7) is 3.74. The average molecular weight is 355 g/mol. The maximum absolute atomic E-state index is 11.1. The predicted molar refractivity (Wildman–Crippen MR) is 99.2 cm³/mol. The highest BCUT2D eigenvalue weighted by Gasteiger charge is 2.19. The molecule has 0 unspecified atom stereocenters. The summed E-state index contributed by atoms with van der Waals surface area (Å²) in [5.41, 5.74) is 1.87. The first-order valence-electron chi connectivity index (χ1n) is 8.17. The van der Waals surface area contributed by atoms with Crippen LogP contribution in [0.4, 0.5) is 11.5 Å². The molecule has 3 aromatic rings. The van der Waals surface area contributed by atoms with Crippen molar-refractivity contribution in [2.45, 2.75) is 6.42 Å². The predicted octanol–water partition coefficient (Wildman–Crippen LogP) is 3.07. The lowest BCUT2D eigenvalue weighted by atomic mass is 10.1. The highest BCUT2D eigenvalue weighted by molar-refractivity contribution is 7.17. The van der Waals surface area contributed by atoms with Crippen molar-refractivity contribution >= 4 is 33.1 Å². The molecule has 2 aromatic heterocycles. The van der Waals surface area contributed by atoms with E-state index in [-0.39, 0.29) is 10.6 Å². The summed E-state index contributed by atoms with van der Waals surface area (Å²) in [7, 11) is 0. The van der Waals surface area contributed by atoms with Crippen molar-refractivity contribution in [3.05, 3.63) is 46.1 Å². The minimum absolute atomic E-state index is 0.0919. The number of nitrogens with one attached hydrogen (secondary N) is 1. The lowest BCUT2D eigenvalue weighted by Crippen LogP contribution is -2.28. The van der Waals surface area contributed by atoms with E-state index in [1.54, 1.807) is 29.8 Å². The number of hydrogen-bond donors (Lipinski definition) is 1. The number of nitro groups is 1. The van der Waals surface area contributed by atoms with Gasteiger partial charge < -0.3 is 10.2 Å². The number of nitro benzene ring substituents is 1. The Hall–Kier alpha value is -2.58. The van der Waals surface area contributed by atoms with E-state index in [1.807, 2.05) is 11.4 Å². The number of aromatic nitrogens is 2. The minimum Gasteiger partial charge on any atom is -0.355 e. The van der Waals surface area contributed by atoms with Crippen molar-refractivity contribution in [2.24, 2.45) is 0 Å². The van der Waals surface area contributed by atoms with Gasteiger partial charge in [0.1, 0.15) is 17.0 Å². The first-order valence-corrected chi connectivity index (χ1v) is 9.05. The van der Waals surface area contributed by atoms with E-state index in [9.17, 15) is 10.1 Å². The highest BCUT2D eigenvalue weighted by Crippen LogP contribution is 2.38. The molecule has 0 atom stereocenters. The van der Waals surface area contributed by atoms with Crippen LogP contribution in [0.25, 0.3) is 21.3 Å². The molecule has 8 heteroatoms. The summed E-state index contributed by atoms with van der Waals surface area (Å²) in [5, 5.41) is 17.5. The Labute approximate surface area is 148 Å². The summed E-state index contributed by atoms with van der Waals surface area (Å²) >= 11 is 1.54. The molecule has 0 amide bonds. The first-order chi connectivity index (χ1) is 12.2. The Morgan fingerprint density at radius 2 is 2.16 bits per heavy atom. The molecule has 1 aromatic carbocycles. The van der Waals surface area contributed by atoms with E-state index >= 15 is 0 Å². The van der Waals surface area contributed by atoms with Crippen molar-refractivity contribution in [3.8, 4) is 11.1 Å². The van der Waals surface area contributed by atoms with E-state index in [2.05, 4.69) is 20.2 Å². The van der Waals surface area contributed by atoms with Crippen LogP contribution in [0.15, 0.2) is 36.0 Å². The SMILES string of the molecule is O=[N+]([O-])c1cccc(-c2csc3ncnc(N4CCCNCC4)c23)c1. The fraction of sp³-hybridized carbons (Fsp3) is 0.294. The third-order valence-electron chi connectivity index (χ3n) is 4.36. The number of benzene rings is 1. The maximum Gasteiger partial charge on any atom is 0.270 e. The van der Waals surface area contributed by atoms with E-state index in [1.165, 1.54) is 6.07 Å². The van der Waals surface area contributed by atoms with Gasteiger partial charge in [0.05, 0.1) is 10.3 Å². The fourth-order valence-corrected chi connectivity index (χ4v) is 4.07. The van der Waals surface area contributed by atoms with Crippen LogP contribution < -0.4 is 10.2 Å². The number of nitrogens with zero attached hydrogens (tertiary/aromatic N) is 4. The van der Waals surface area contributed by atoms with Gasteiger partial charge in [-0.15, -0.1) is 11.3 Å². The van der Waals surface area contributed by atoms with E-state index < -0.39 is 0 Å². The molecular formula is C17H17N5O2S. The molecule has 7 nitrogen and oxygen atoms in total. The number of hydrogen-bond acceptors (Lipinski definition) is 7. The number of anilines is 1. The second-order valence-electron chi connectivity index (χ2n) is 5.92. The normalized spacial score (nSPS) is 15.3. The molecule has 1 aliphatic rings. The van der Waals surface area contributed by atoms with Crippen LogP contribution in [-0.4, -0.2) is 41.1 Å². The Bertz CT molecular complexity index is 918. The van der Waals surface area contributed by atoms with Crippen molar-refractivity contribution in [3.63, 3.8) is 0 Å². The molecular weight excluding hydrogens is 338 g/mol. The molecule has 0 saturated carbocycles. The van der Waals surface area contributed by atoms with Gasteiger partial charge in [0.25, 0.3) is 5.69 Å². The van der Waals surface area contributed by atoms with Gasteiger partial charge >= 0.3 is 0 Å². The maximum atomic E-state index is 11.1. The molecule has 1 aliphatic heterocycles. The van der Waals surface area contributed by atoms with Gasteiger partial charge in [-0.25, -0.2) is 9.97 Å². The summed E-state index contributed by atoms with van der Waals surface area (Å²) in [6, 6.07) is 6.74. The average Bonchev–Trinajstić information content (AvgIpc) is 2.88. The van der Waals surface area contributed by atoms with Gasteiger partial charge in [0.15, 0.2) is 0 Å². The van der Waals surface area contributed by atoms with Crippen LogP contribution in [0.5, 0.6) is 0 Å². The van der Waals surface area contributed by atoms with Crippen LogP contribution in [0, 0.1) is 10.1 Å². The zero-order valence-electron chi connectivity index (χ0n) is 13.5. The third kappa shape index (κ3) is 3.06. The Morgan fingerprint density at radius 3 is 3.04 bits per heavy atom. The van der Waals surface area contributed by atoms with Gasteiger partial charge in [-0.05, 0) is 18.5 Å². The van der Waals surface area contributed by atoms with Crippen LogP contribution in [0.1, 0.15) is 6.42 Å². The molecule has 1 saturated heterocycles. The number of rotatable bonds is 3. The van der Waals surface area contributed by atoms with E-state index in [0.717, 1.165) is 59.8 Å². The molecule has 0 spiro atoms. The molecule has 1 N–H and O–H groups in total. The Balaban J connectivity index is 1.85. The van der Waals surface area contributed by atoms with E-state index in [0.29, 0.717) is 0 Å². The second-order valence-corrected chi connectivity index (χ2v) is 6.78. The molecule has 0 radical (unpaired) electrons. The van der Waals surface area contributed by atoms with Crippen molar-refractivity contribution in [1.29, 1.82) is 0 Å². The molecule has 0 aliphatic carbocycles. The van der Waals surface area contributed by atoms with Crippen LogP contribution >= 0.6 is 11.3 Å². The third-order valence-corrected chi connectivity index (χ3v) is 5.24. The molecule has 4 rings (SSSR count). The molecule has 128 valence electrons. The summed E-state index contributed by atoms with van der Waals surface area (Å²) in [4.78, 5) is 22.9. The van der Waals surface area contributed by atoms with Gasteiger partial charge in [-0.3, -0.25) is 10.1 Å². The van der Waals surface area contributed by atoms with Crippen LogP contribution in [0.3, 0.4) is 0 Å². The zero-order valence-corrected chi connectivity index (χ0v) is 14.3. The standard InChI is InChI=1S/C17H17N5O2S/c23-22(24)13-4-1-3-12(9-13)14-10-25-17-15(14)16(19-11-20-17)21-7-2-5-18-6-8-21/h1,3-4,9-11,18H,2,5-8H2. The Kier molecular flexibility index (Phi) is 4.29. The summed E-state index contributed by atoms with van der Waals surface area (Å²) in [5.74, 6) is 0.913. The number of fused-ring (bicyclic) bond motifs is 1. The molecule has 0 bridgehead atoms. The van der Waals surface area contributed by atoms with Crippen molar-refractivity contribution in [2.75, 3.05) is 31.1 Å². The van der Waals surface area contributed by atoms with Crippen molar-refractivity contribution < 1.29 is 4.92 Å². The van der Waals surface area contributed by atoms with Crippen LogP contribution in [0.2, 0.25) is 0 Å². The van der Waals surface area contributed by atoms with Gasteiger partial charge in [-0.2, -0.15) is 0 Å². The lowest BCUT2D eigenvalue weighted by molar-refractivity contribution is -0.384. The topological polar surface area (TPSA) is 84.2 Å². The second kappa shape index (κ2) is 6.73. The molecule has 3 heterocycles. The fourth-order valence-electron chi connectivity index (χ4n) is 3.16. The Morgan fingerprint density at radius 1 is 1.24 bits per heavy atom. The monoisotopic (exact) mass is 355 g/mol. The van der Waals surface area contributed by atoms with E-state index in [4.69, 9.17) is 0 Å². The van der Waals surface area contributed by atoms with Gasteiger partial charge in [0, 0.05) is 42.7 Å². The molecule has 25 heavy (non-hydrogen) atoms. The summed E-state index contributed by atoms with van der Waals surface area (Å²) in [6.07, 6.45) is 2.66. The first kappa shape index (κ1) is 15.9. The summed E-state index contributed by atoms with van der Waals surface area (Å²) < 4.78 is 0. The zero-order chi connectivity index (χ0) is 17.2. The largest absolute Gasteiger partial charge is 0.355 e. The lowest BCUT2D eigenvalue weighted by Gasteiger charge is -2.22. The number of thiophene rings is 1. The highest BCUT2D eigenvalue weighted by atomic mass is 32.1. The number of non-ortho nitro benzene ring substituents is 1. The van der Waals surface area contributed by atoms with Gasteiger partial charge in [-0.1, -0.05) is 12.1 Å². The van der Waals surface area contributed by atoms with Crippen molar-refractivity contribution in [1.82, 2.24) is 15.3 Å². The van der Waals surface area contributed by atoms with Crippen LogP contribution in [-0.2, 0) is 0 Å². The smallest absolute Gasteiger partial charge is 0.270 e. The quantitative estimate of drug-likeness (QED) is 0.574. The minimum atomic E-state index is -0.365.